The smallest absolute Gasteiger partial charge is 0.269 e. The van der Waals surface area contributed by atoms with Gasteiger partial charge in [-0.25, -0.2) is 0 Å². The number of hydrogen-bond donors (Lipinski definition) is 1. The molecule has 1 aliphatic heterocycles. The Morgan fingerprint density at radius 2 is 1.74 bits per heavy atom. The van der Waals surface area contributed by atoms with Gasteiger partial charge in [-0.3, -0.25) is 34.2 Å². The van der Waals surface area contributed by atoms with Crippen LogP contribution in [0.1, 0.15) is 24.3 Å². The number of nitro groups is 1. The first-order valence-electron chi connectivity index (χ1n) is 12.1. The Kier molecular flexibility index (Phi) is 5.92. The number of aromatic hydroxyl groups is 1. The number of allylic oxidation sites excluding steroid dienone is 6. The number of nitro benzene ring substituents is 1. The Bertz CT molecular complexity index is 1620. The summed E-state index contributed by atoms with van der Waals surface area (Å²) in [5.41, 5.74) is 1.84. The van der Waals surface area contributed by atoms with Crippen molar-refractivity contribution in [3.8, 4) is 5.75 Å². The van der Waals surface area contributed by atoms with Gasteiger partial charge in [0.05, 0.1) is 26.9 Å². The quantitative estimate of drug-likeness (QED) is 0.172. The van der Waals surface area contributed by atoms with Crippen molar-refractivity contribution in [2.45, 2.75) is 18.8 Å². The number of carbonyl (C=O) groups excluding carboxylic acids is 4. The molecule has 11 heteroatoms. The van der Waals surface area contributed by atoms with Crippen LogP contribution >= 0.6 is 27.5 Å². The monoisotopic (exact) mass is 608 g/mol. The number of phenolic OH excluding ortho intramolecular Hbond substituents is 1. The van der Waals surface area contributed by atoms with Crippen molar-refractivity contribution >= 4 is 62.3 Å². The van der Waals surface area contributed by atoms with Gasteiger partial charge < -0.3 is 5.11 Å². The van der Waals surface area contributed by atoms with E-state index in [4.69, 9.17) is 11.6 Å². The van der Waals surface area contributed by atoms with Crippen LogP contribution in [-0.4, -0.2) is 33.4 Å². The largest absolute Gasteiger partial charge is 0.508 e. The molecule has 0 spiro atoms. The van der Waals surface area contributed by atoms with Gasteiger partial charge in [-0.15, -0.1) is 0 Å². The lowest BCUT2D eigenvalue weighted by Gasteiger charge is -2.42. The van der Waals surface area contributed by atoms with E-state index >= 15 is 0 Å². The molecule has 2 aromatic carbocycles. The summed E-state index contributed by atoms with van der Waals surface area (Å²) >= 11 is 9.72. The molecule has 9 nitrogen and oxygen atoms in total. The highest BCUT2D eigenvalue weighted by Crippen LogP contribution is 2.56. The molecule has 2 aromatic rings. The number of phenols is 1. The third kappa shape index (κ3) is 3.81. The fourth-order valence-electron chi connectivity index (χ4n) is 6.29. The van der Waals surface area contributed by atoms with Gasteiger partial charge in [0.2, 0.25) is 11.8 Å². The Hall–Kier alpha value is -3.89. The molecule has 4 unspecified atom stereocenters. The summed E-state index contributed by atoms with van der Waals surface area (Å²) in [4.78, 5) is 65.4. The fraction of sp³-hybridized carbons (Fsp3) is 0.214. The molecular formula is C28H18BrClN2O7. The van der Waals surface area contributed by atoms with E-state index < -0.39 is 40.4 Å². The van der Waals surface area contributed by atoms with Crippen molar-refractivity contribution < 1.29 is 29.2 Å². The van der Waals surface area contributed by atoms with Gasteiger partial charge in [-0.1, -0.05) is 29.3 Å². The number of benzene rings is 2. The van der Waals surface area contributed by atoms with E-state index in [1.54, 1.807) is 6.07 Å². The average Bonchev–Trinajstić information content (AvgIpc) is 3.16. The molecule has 1 N–H and O–H groups in total. The first kappa shape index (κ1) is 25.4. The van der Waals surface area contributed by atoms with E-state index in [1.165, 1.54) is 42.5 Å². The van der Waals surface area contributed by atoms with Crippen LogP contribution in [0.4, 0.5) is 11.4 Å². The molecule has 3 aliphatic carbocycles. The van der Waals surface area contributed by atoms with Crippen LogP contribution < -0.4 is 4.90 Å². The normalized spacial score (nSPS) is 26.2. The van der Waals surface area contributed by atoms with Crippen LogP contribution in [0.5, 0.6) is 5.75 Å². The van der Waals surface area contributed by atoms with Crippen molar-refractivity contribution in [3.63, 3.8) is 0 Å². The van der Waals surface area contributed by atoms with Gasteiger partial charge in [0.15, 0.2) is 11.6 Å². The predicted octanol–water partition coefficient (Wildman–Crippen LogP) is 4.92. The van der Waals surface area contributed by atoms with Crippen molar-refractivity contribution in [1.82, 2.24) is 0 Å². The number of Topliss-reactive ketones (excluding diaryl/α,β-unsaturated/α-hetero) is 1. The summed E-state index contributed by atoms with van der Waals surface area (Å²) < 4.78 is 0.114. The second-order valence-corrected chi connectivity index (χ2v) is 11.1. The number of ketones is 2. The summed E-state index contributed by atoms with van der Waals surface area (Å²) in [6, 6.07) is 9.60. The maximum Gasteiger partial charge on any atom is 0.269 e. The van der Waals surface area contributed by atoms with Crippen LogP contribution in [0.25, 0.3) is 0 Å². The number of anilines is 1. The average molecular weight is 610 g/mol. The Morgan fingerprint density at radius 1 is 1.03 bits per heavy atom. The number of fused-ring (bicyclic) bond motifs is 3. The number of non-ortho nitro benzene ring substituents is 1. The highest BCUT2D eigenvalue weighted by Gasteiger charge is 2.56. The second-order valence-electron chi connectivity index (χ2n) is 9.88. The maximum atomic E-state index is 13.8. The van der Waals surface area contributed by atoms with Gasteiger partial charge in [0.25, 0.3) is 5.69 Å². The zero-order chi connectivity index (χ0) is 27.7. The summed E-state index contributed by atoms with van der Waals surface area (Å²) in [6.45, 7) is 0. The fourth-order valence-corrected chi connectivity index (χ4v) is 7.02. The molecule has 196 valence electrons. The van der Waals surface area contributed by atoms with Crippen LogP contribution in [0.3, 0.4) is 0 Å². The summed E-state index contributed by atoms with van der Waals surface area (Å²) in [5.74, 6) is -4.45. The van der Waals surface area contributed by atoms with Crippen LogP contribution in [0.15, 0.2) is 75.8 Å². The molecule has 0 aromatic heterocycles. The molecule has 2 amide bonds. The molecule has 39 heavy (non-hydrogen) atoms. The summed E-state index contributed by atoms with van der Waals surface area (Å²) in [7, 11) is 0. The Labute approximate surface area is 234 Å². The minimum Gasteiger partial charge on any atom is -0.508 e. The number of carbonyl (C=O) groups is 4. The second kappa shape index (κ2) is 9.10. The first-order chi connectivity index (χ1) is 18.6. The molecular weight excluding hydrogens is 592 g/mol. The highest BCUT2D eigenvalue weighted by molar-refractivity contribution is 9.12. The molecule has 4 atom stereocenters. The SMILES string of the molecule is O=C1C=C(Br)C(=O)C2=C1C(c1ccc(O)cc1Cl)C1=CCC3C(=O)N(c4ccc([N+](=O)[O-])cc4)C(=O)C3C1C2. The van der Waals surface area contributed by atoms with Crippen molar-refractivity contribution in [3.05, 3.63) is 96.5 Å². The van der Waals surface area contributed by atoms with Gasteiger partial charge in [-0.2, -0.15) is 0 Å². The molecule has 1 saturated heterocycles. The number of halogens is 2. The van der Waals surface area contributed by atoms with Gasteiger partial charge in [0, 0.05) is 40.3 Å². The zero-order valence-electron chi connectivity index (χ0n) is 20.0. The first-order valence-corrected chi connectivity index (χ1v) is 13.3. The summed E-state index contributed by atoms with van der Waals surface area (Å²) in [6.07, 6.45) is 3.42. The zero-order valence-corrected chi connectivity index (χ0v) is 22.3. The molecule has 0 saturated carbocycles. The number of nitrogens with zero attached hydrogens (tertiary/aromatic N) is 2. The lowest BCUT2D eigenvalue weighted by atomic mass is 9.59. The van der Waals surface area contributed by atoms with Crippen LogP contribution in [-0.2, 0) is 19.2 Å². The number of rotatable bonds is 3. The molecule has 1 heterocycles. The Balaban J connectivity index is 1.46. The third-order valence-electron chi connectivity index (χ3n) is 7.94. The van der Waals surface area contributed by atoms with Gasteiger partial charge >= 0.3 is 0 Å². The molecule has 4 aliphatic rings. The molecule has 1 fully saturated rings. The van der Waals surface area contributed by atoms with Gasteiger partial charge in [-0.05, 0) is 64.5 Å². The highest BCUT2D eigenvalue weighted by atomic mass is 79.9. The molecule has 6 rings (SSSR count). The topological polar surface area (TPSA) is 135 Å². The third-order valence-corrected chi connectivity index (χ3v) is 8.86. The van der Waals surface area contributed by atoms with Gasteiger partial charge in [0.1, 0.15) is 5.75 Å². The maximum absolute atomic E-state index is 13.8. The van der Waals surface area contributed by atoms with E-state index in [0.717, 1.165) is 10.5 Å². The number of hydrogen-bond acceptors (Lipinski definition) is 7. The number of amides is 2. The number of imide groups is 1. The predicted molar refractivity (Wildman–Crippen MR) is 143 cm³/mol. The lowest BCUT2D eigenvalue weighted by Crippen LogP contribution is -2.39. The van der Waals surface area contributed by atoms with Crippen molar-refractivity contribution in [2.75, 3.05) is 4.90 Å². The van der Waals surface area contributed by atoms with E-state index in [-0.39, 0.29) is 62.2 Å². The lowest BCUT2D eigenvalue weighted by molar-refractivity contribution is -0.384. The minimum absolute atomic E-state index is 0.0630. The minimum atomic E-state index is -0.798. The van der Waals surface area contributed by atoms with E-state index in [2.05, 4.69) is 15.9 Å². The van der Waals surface area contributed by atoms with E-state index in [1.807, 2.05) is 6.08 Å². The standard InChI is InChI=1S/C28H18BrClN2O7/c29-20-11-22(34)25-19(26(20)35)10-18-15(23(25)16-6-5-14(33)9-21(16)30)7-8-17-24(18)28(37)31(27(17)36)12-1-3-13(4-2-12)32(38)39/h1-7,9,11,17-18,23-24,33H,8,10H2. The van der Waals surface area contributed by atoms with Crippen molar-refractivity contribution in [2.24, 2.45) is 17.8 Å². The van der Waals surface area contributed by atoms with E-state index in [0.29, 0.717) is 5.56 Å². The van der Waals surface area contributed by atoms with Crippen LogP contribution in [0, 0.1) is 27.9 Å². The Morgan fingerprint density at radius 3 is 2.41 bits per heavy atom. The molecule has 0 radical (unpaired) electrons. The summed E-state index contributed by atoms with van der Waals surface area (Å²) in [5, 5.41) is 21.2. The molecule has 0 bridgehead atoms. The van der Waals surface area contributed by atoms with E-state index in [9.17, 15) is 34.4 Å². The van der Waals surface area contributed by atoms with Crippen LogP contribution in [0.2, 0.25) is 5.02 Å². The van der Waals surface area contributed by atoms with Crippen molar-refractivity contribution in [1.29, 1.82) is 0 Å².